The van der Waals surface area contributed by atoms with Gasteiger partial charge in [-0.15, -0.1) is 0 Å². The second-order valence-electron chi connectivity index (χ2n) is 2.53. The average Bonchev–Trinajstić information content (AvgIpc) is 2.14. The maximum Gasteiger partial charge on any atom is 0.199 e. The molecule has 0 aliphatic heterocycles. The average molecular weight is 306 g/mol. The number of carbonyl (C=O) groups is 1. The molecule has 13 heavy (non-hydrogen) atoms. The summed E-state index contributed by atoms with van der Waals surface area (Å²) in [5.41, 5.74) is 0. The third-order valence-corrected chi connectivity index (χ3v) is 2.38. The Hall–Kier alpha value is 0.200. The van der Waals surface area contributed by atoms with Gasteiger partial charge in [0, 0.05) is 0 Å². The van der Waals surface area contributed by atoms with E-state index in [0.29, 0.717) is 0 Å². The third-order valence-electron chi connectivity index (χ3n) is 1.48. The Bertz CT molecular complexity index is 173. The zero-order valence-corrected chi connectivity index (χ0v) is 8.70. The molecule has 78 valence electrons. The summed E-state index contributed by atoms with van der Waals surface area (Å²) in [6.45, 7) is -0.774. The molecule has 0 aromatic rings. The first-order chi connectivity index (χ1) is 5.86. The maximum absolute atomic E-state index is 10.2. The predicted molar refractivity (Wildman–Crippen MR) is 50.1 cm³/mol. The van der Waals surface area contributed by atoms with Crippen molar-refractivity contribution in [1.29, 1.82) is 0 Å². The van der Waals surface area contributed by atoms with Crippen molar-refractivity contribution in [1.82, 2.24) is 0 Å². The predicted octanol–water partition coefficient (Wildman–Crippen LogP) is -2.62. The van der Waals surface area contributed by atoms with Crippen LogP contribution in [0.1, 0.15) is 0 Å². The number of alkyl halides is 1. The Morgan fingerprint density at radius 3 is 2.15 bits per heavy atom. The largest absolute Gasteiger partial charge is 0.394 e. The van der Waals surface area contributed by atoms with Crippen molar-refractivity contribution in [3.8, 4) is 0 Å². The quantitative estimate of drug-likeness (QED) is 0.216. The number of aliphatic hydroxyl groups is 5. The van der Waals surface area contributed by atoms with E-state index in [1.54, 1.807) is 0 Å². The molecule has 0 saturated carbocycles. The third kappa shape index (κ3) is 3.44. The fourth-order valence-electron chi connectivity index (χ4n) is 0.628. The minimum absolute atomic E-state index is 0.0333. The summed E-state index contributed by atoms with van der Waals surface area (Å²) in [6.07, 6.45) is -5.20. The van der Waals surface area contributed by atoms with Crippen LogP contribution >= 0.6 is 22.6 Å². The van der Waals surface area contributed by atoms with Crippen molar-refractivity contribution in [3.63, 3.8) is 0 Å². The first-order valence-corrected chi connectivity index (χ1v) is 4.47. The van der Waals surface area contributed by atoms with Crippen LogP contribution in [0.2, 0.25) is 0 Å². The molecule has 4 atom stereocenters. The molecule has 7 heteroatoms. The molecule has 0 aliphatic rings. The van der Waals surface area contributed by atoms with Gasteiger partial charge in [0.1, 0.15) is 18.3 Å². The van der Waals surface area contributed by atoms with Crippen molar-refractivity contribution in [3.05, 3.63) is 0 Å². The van der Waals surface area contributed by atoms with Crippen LogP contribution in [0.4, 0.5) is 0 Å². The smallest absolute Gasteiger partial charge is 0.199 e. The van der Waals surface area contributed by atoms with Gasteiger partial charge in [-0.2, -0.15) is 0 Å². The molecule has 4 unspecified atom stereocenters. The normalized spacial score (nSPS) is 22.9. The lowest BCUT2D eigenvalue weighted by Gasteiger charge is -2.27. The summed E-state index contributed by atoms with van der Waals surface area (Å²) in [7, 11) is 0. The lowest BCUT2D eigenvalue weighted by Crippen LogP contribution is -2.51. The fourth-order valence-corrected chi connectivity index (χ4v) is 0.996. The van der Waals surface area contributed by atoms with Crippen LogP contribution in [-0.4, -0.2) is 60.3 Å². The van der Waals surface area contributed by atoms with Gasteiger partial charge in [0.2, 0.25) is 0 Å². The minimum atomic E-state index is -2.17. The maximum atomic E-state index is 10.2. The van der Waals surface area contributed by atoms with Gasteiger partial charge in [-0.1, -0.05) is 0 Å². The topological polar surface area (TPSA) is 118 Å². The summed E-state index contributed by atoms with van der Waals surface area (Å²) in [5, 5.41) is 44.6. The van der Waals surface area contributed by atoms with Gasteiger partial charge in [0.25, 0.3) is 0 Å². The molecule has 0 amide bonds. The number of aldehydes is 1. The van der Waals surface area contributed by atoms with Gasteiger partial charge >= 0.3 is 0 Å². The van der Waals surface area contributed by atoms with Crippen LogP contribution in [0.5, 0.6) is 0 Å². The van der Waals surface area contributed by atoms with Crippen LogP contribution in [0.25, 0.3) is 0 Å². The Morgan fingerprint density at radius 1 is 1.38 bits per heavy atom. The zero-order chi connectivity index (χ0) is 10.6. The first-order valence-electron chi connectivity index (χ1n) is 3.39. The molecule has 5 N–H and O–H groups in total. The number of carbonyl (C=O) groups excluding carboxylic acids is 1. The van der Waals surface area contributed by atoms with E-state index in [1.807, 2.05) is 0 Å². The number of hydrogen-bond donors (Lipinski definition) is 5. The van der Waals surface area contributed by atoms with Crippen LogP contribution in [0.3, 0.4) is 0 Å². The summed E-state index contributed by atoms with van der Waals surface area (Å²) in [5.74, 6) is 0. The molecule has 0 rings (SSSR count). The number of rotatable bonds is 5. The molecule has 6 nitrogen and oxygen atoms in total. The zero-order valence-electron chi connectivity index (χ0n) is 6.54. The number of hydrogen-bond acceptors (Lipinski definition) is 6. The van der Waals surface area contributed by atoms with Crippen LogP contribution in [-0.2, 0) is 4.79 Å². The second kappa shape index (κ2) is 5.17. The highest BCUT2D eigenvalue weighted by atomic mass is 127. The molecule has 0 aromatic heterocycles. The second-order valence-corrected chi connectivity index (χ2v) is 4.26. The standard InChI is InChI=1S/C6H11IO6/c7-6(13,2-9)5(12)4(11)3(10)1-8/h2-5,8,10-13H,1H2. The van der Waals surface area contributed by atoms with Crippen molar-refractivity contribution < 1.29 is 30.3 Å². The molecular weight excluding hydrogens is 295 g/mol. The van der Waals surface area contributed by atoms with E-state index < -0.39 is 28.5 Å². The molecule has 0 fully saturated rings. The van der Waals surface area contributed by atoms with Crippen molar-refractivity contribution in [2.45, 2.75) is 21.9 Å². The van der Waals surface area contributed by atoms with Crippen LogP contribution < -0.4 is 0 Å². The minimum Gasteiger partial charge on any atom is -0.394 e. The van der Waals surface area contributed by atoms with E-state index >= 15 is 0 Å². The number of halogens is 1. The molecule has 0 saturated heterocycles. The summed E-state index contributed by atoms with van der Waals surface area (Å²) in [6, 6.07) is 0. The van der Waals surface area contributed by atoms with Gasteiger partial charge in [-0.25, -0.2) is 0 Å². The monoisotopic (exact) mass is 306 g/mol. The van der Waals surface area contributed by atoms with E-state index in [-0.39, 0.29) is 6.29 Å². The van der Waals surface area contributed by atoms with Crippen LogP contribution in [0, 0.1) is 0 Å². The summed E-state index contributed by atoms with van der Waals surface area (Å²) < 4.78 is -2.17. The van der Waals surface area contributed by atoms with E-state index in [9.17, 15) is 4.79 Å². The van der Waals surface area contributed by atoms with Gasteiger partial charge < -0.3 is 25.5 Å². The lowest BCUT2D eigenvalue weighted by molar-refractivity contribution is -0.139. The fraction of sp³-hybridized carbons (Fsp3) is 0.833. The SMILES string of the molecule is O=CC(O)(I)C(O)C(O)C(O)CO. The van der Waals surface area contributed by atoms with E-state index in [4.69, 9.17) is 25.5 Å². The summed E-state index contributed by atoms with van der Waals surface area (Å²) >= 11 is 1.22. The van der Waals surface area contributed by atoms with Gasteiger partial charge in [0.15, 0.2) is 9.89 Å². The molecular formula is C6H11IO6. The highest BCUT2D eigenvalue weighted by Gasteiger charge is 2.40. The van der Waals surface area contributed by atoms with Gasteiger partial charge in [-0.3, -0.25) is 4.79 Å². The molecule has 0 bridgehead atoms. The lowest BCUT2D eigenvalue weighted by atomic mass is 10.0. The van der Waals surface area contributed by atoms with Crippen molar-refractivity contribution in [2.75, 3.05) is 6.61 Å². The van der Waals surface area contributed by atoms with E-state index in [2.05, 4.69) is 0 Å². The van der Waals surface area contributed by atoms with Gasteiger partial charge in [0.05, 0.1) is 6.61 Å². The summed E-state index contributed by atoms with van der Waals surface area (Å²) in [4.78, 5) is 10.2. The Kier molecular flexibility index (Phi) is 5.25. The van der Waals surface area contributed by atoms with Crippen LogP contribution in [0.15, 0.2) is 0 Å². The Balaban J connectivity index is 4.40. The highest BCUT2D eigenvalue weighted by molar-refractivity contribution is 14.1. The number of aliphatic hydroxyl groups excluding tert-OH is 4. The Morgan fingerprint density at radius 2 is 1.85 bits per heavy atom. The molecule has 0 aromatic carbocycles. The van der Waals surface area contributed by atoms with Crippen molar-refractivity contribution >= 4 is 28.9 Å². The molecule has 0 heterocycles. The van der Waals surface area contributed by atoms with Crippen molar-refractivity contribution in [2.24, 2.45) is 0 Å². The highest BCUT2D eigenvalue weighted by Crippen LogP contribution is 2.20. The van der Waals surface area contributed by atoms with E-state index in [0.717, 1.165) is 0 Å². The first kappa shape index (κ1) is 13.2. The van der Waals surface area contributed by atoms with E-state index in [1.165, 1.54) is 22.6 Å². The Labute approximate surface area is 88.0 Å². The molecule has 0 aliphatic carbocycles. The molecule has 0 spiro atoms. The molecule has 0 radical (unpaired) electrons. The van der Waals surface area contributed by atoms with Gasteiger partial charge in [-0.05, 0) is 22.6 Å².